The zero-order valence-corrected chi connectivity index (χ0v) is 17.2. The molecule has 0 aromatic heterocycles. The first-order valence-corrected chi connectivity index (χ1v) is 10.2. The Balaban J connectivity index is 2.49. The highest BCUT2D eigenvalue weighted by atomic mass is 16.7. The van der Waals surface area contributed by atoms with Crippen LogP contribution in [0.3, 0.4) is 0 Å². The molecule has 0 amide bonds. The Morgan fingerprint density at radius 1 is 0.929 bits per heavy atom. The van der Waals surface area contributed by atoms with Crippen LogP contribution in [0.15, 0.2) is 24.3 Å². The molecule has 0 aliphatic carbocycles. The third-order valence-electron chi connectivity index (χ3n) is 4.18. The highest BCUT2D eigenvalue weighted by Crippen LogP contribution is 2.22. The van der Waals surface area contributed by atoms with Crippen molar-refractivity contribution in [3.63, 3.8) is 0 Å². The van der Waals surface area contributed by atoms with Crippen LogP contribution in [0.5, 0.6) is 5.75 Å². The summed E-state index contributed by atoms with van der Waals surface area (Å²) in [6.45, 7) is 5.16. The van der Waals surface area contributed by atoms with Gasteiger partial charge in [0.05, 0.1) is 0 Å². The number of esters is 3. The molecular weight excluding hydrogens is 360 g/mol. The Bertz CT molecular complexity index is 625. The van der Waals surface area contributed by atoms with E-state index in [4.69, 9.17) is 9.47 Å². The summed E-state index contributed by atoms with van der Waals surface area (Å²) in [5, 5.41) is 0. The first-order chi connectivity index (χ1) is 13.5. The number of unbranched alkanes of at least 4 members (excludes halogenated alkanes) is 6. The van der Waals surface area contributed by atoms with Crippen molar-refractivity contribution in [2.24, 2.45) is 0 Å². The molecule has 1 aromatic rings. The third kappa shape index (κ3) is 9.53. The van der Waals surface area contributed by atoms with Gasteiger partial charge >= 0.3 is 17.9 Å². The molecule has 1 aromatic carbocycles. The number of para-hydroxylation sites is 1. The van der Waals surface area contributed by atoms with Gasteiger partial charge in [-0.1, -0.05) is 64.5 Å². The van der Waals surface area contributed by atoms with Crippen molar-refractivity contribution in [3.05, 3.63) is 29.8 Å². The summed E-state index contributed by atoms with van der Waals surface area (Å²) in [6, 6.07) is 6.39. The lowest BCUT2D eigenvalue weighted by molar-refractivity contribution is -0.164. The van der Waals surface area contributed by atoms with Crippen molar-refractivity contribution in [2.75, 3.05) is 0 Å². The Morgan fingerprint density at radius 2 is 1.57 bits per heavy atom. The summed E-state index contributed by atoms with van der Waals surface area (Å²) < 4.78 is 15.7. The predicted octanol–water partition coefficient (Wildman–Crippen LogP) is 5.19. The molecule has 0 fully saturated rings. The topological polar surface area (TPSA) is 78.9 Å². The van der Waals surface area contributed by atoms with Gasteiger partial charge < -0.3 is 14.2 Å². The van der Waals surface area contributed by atoms with Crippen LogP contribution in [0.4, 0.5) is 0 Å². The van der Waals surface area contributed by atoms with Crippen molar-refractivity contribution in [1.82, 2.24) is 0 Å². The van der Waals surface area contributed by atoms with Crippen LogP contribution in [0.2, 0.25) is 0 Å². The lowest BCUT2D eigenvalue weighted by Crippen LogP contribution is -2.24. The molecule has 0 bridgehead atoms. The minimum absolute atomic E-state index is 0.110. The van der Waals surface area contributed by atoms with Gasteiger partial charge in [-0.25, -0.2) is 4.79 Å². The molecule has 0 aliphatic heterocycles. The van der Waals surface area contributed by atoms with E-state index in [-0.39, 0.29) is 17.3 Å². The molecule has 0 saturated carbocycles. The molecule has 0 radical (unpaired) electrons. The van der Waals surface area contributed by atoms with Gasteiger partial charge in [0, 0.05) is 19.8 Å². The van der Waals surface area contributed by atoms with Crippen LogP contribution in [0.1, 0.15) is 88.9 Å². The van der Waals surface area contributed by atoms with Gasteiger partial charge in [-0.05, 0) is 18.6 Å². The van der Waals surface area contributed by atoms with Gasteiger partial charge in [0.15, 0.2) is 0 Å². The number of ether oxygens (including phenoxy) is 3. The first-order valence-electron chi connectivity index (χ1n) is 10.2. The summed E-state index contributed by atoms with van der Waals surface area (Å²) >= 11 is 0. The van der Waals surface area contributed by atoms with Gasteiger partial charge in [0.1, 0.15) is 11.3 Å². The lowest BCUT2D eigenvalue weighted by Gasteiger charge is -2.19. The maximum atomic E-state index is 12.1. The average Bonchev–Trinajstić information content (AvgIpc) is 2.66. The van der Waals surface area contributed by atoms with Gasteiger partial charge in [-0.15, -0.1) is 0 Å². The first kappa shape index (κ1) is 23.7. The Hall–Kier alpha value is -2.37. The number of carbonyl (C=O) groups excluding carboxylic acids is 3. The largest absolute Gasteiger partial charge is 0.454 e. The summed E-state index contributed by atoms with van der Waals surface area (Å²) in [4.78, 5) is 35.1. The minimum atomic E-state index is -0.802. The van der Waals surface area contributed by atoms with Crippen LogP contribution in [0.25, 0.3) is 0 Å². The van der Waals surface area contributed by atoms with Crippen LogP contribution >= 0.6 is 0 Å². The zero-order chi connectivity index (χ0) is 20.8. The predicted molar refractivity (Wildman–Crippen MR) is 106 cm³/mol. The SMILES string of the molecule is CCCCCCCCCC(=O)OC(CC)Oc1ccccc1C(=O)OC(C)=O. The summed E-state index contributed by atoms with van der Waals surface area (Å²) in [5.74, 6) is -1.60. The van der Waals surface area contributed by atoms with E-state index >= 15 is 0 Å². The van der Waals surface area contributed by atoms with Gasteiger partial charge in [0.2, 0.25) is 6.29 Å². The second-order valence-corrected chi connectivity index (χ2v) is 6.69. The van der Waals surface area contributed by atoms with E-state index < -0.39 is 18.2 Å². The smallest absolute Gasteiger partial charge is 0.349 e. The van der Waals surface area contributed by atoms with Crippen molar-refractivity contribution >= 4 is 17.9 Å². The van der Waals surface area contributed by atoms with E-state index in [2.05, 4.69) is 11.7 Å². The molecule has 1 unspecified atom stereocenters. The molecular formula is C22H32O6. The number of benzene rings is 1. The fourth-order valence-electron chi connectivity index (χ4n) is 2.69. The van der Waals surface area contributed by atoms with Crippen LogP contribution in [-0.2, 0) is 19.1 Å². The number of carbonyl (C=O) groups is 3. The molecule has 0 heterocycles. The third-order valence-corrected chi connectivity index (χ3v) is 4.18. The van der Waals surface area contributed by atoms with Gasteiger partial charge in [-0.2, -0.15) is 0 Å². The van der Waals surface area contributed by atoms with Crippen LogP contribution in [0, 0.1) is 0 Å². The Morgan fingerprint density at radius 3 is 2.21 bits per heavy atom. The summed E-state index contributed by atoms with van der Waals surface area (Å²) in [5.41, 5.74) is 0.110. The second kappa shape index (κ2) is 13.7. The second-order valence-electron chi connectivity index (χ2n) is 6.69. The summed E-state index contributed by atoms with van der Waals surface area (Å²) in [7, 11) is 0. The number of rotatable bonds is 13. The zero-order valence-electron chi connectivity index (χ0n) is 17.2. The molecule has 0 N–H and O–H groups in total. The van der Waals surface area contributed by atoms with Crippen molar-refractivity contribution in [2.45, 2.75) is 84.8 Å². The summed E-state index contributed by atoms with van der Waals surface area (Å²) in [6.07, 6.45) is 7.85. The molecule has 0 saturated heterocycles. The van der Waals surface area contributed by atoms with Crippen LogP contribution < -0.4 is 4.74 Å². The van der Waals surface area contributed by atoms with E-state index in [1.165, 1.54) is 31.7 Å². The quantitative estimate of drug-likeness (QED) is 0.199. The highest BCUT2D eigenvalue weighted by molar-refractivity contribution is 5.98. The van der Waals surface area contributed by atoms with Crippen molar-refractivity contribution < 1.29 is 28.6 Å². The van der Waals surface area contributed by atoms with Crippen molar-refractivity contribution in [3.8, 4) is 5.75 Å². The highest BCUT2D eigenvalue weighted by Gasteiger charge is 2.20. The van der Waals surface area contributed by atoms with E-state index in [1.54, 1.807) is 18.2 Å². The Labute approximate surface area is 167 Å². The fraction of sp³-hybridized carbons (Fsp3) is 0.591. The molecule has 1 atom stereocenters. The molecule has 6 heteroatoms. The maximum Gasteiger partial charge on any atom is 0.349 e. The monoisotopic (exact) mass is 392 g/mol. The van der Waals surface area contributed by atoms with Gasteiger partial charge in [0.25, 0.3) is 0 Å². The Kier molecular flexibility index (Phi) is 11.6. The van der Waals surface area contributed by atoms with Crippen molar-refractivity contribution in [1.29, 1.82) is 0 Å². The van der Waals surface area contributed by atoms with E-state index in [0.717, 1.165) is 26.2 Å². The minimum Gasteiger partial charge on any atom is -0.454 e. The lowest BCUT2D eigenvalue weighted by atomic mass is 10.1. The standard InChI is InChI=1S/C22H32O6/c1-4-6-7-8-9-10-11-16-20(24)28-21(5-2)27-19-15-13-12-14-18(19)22(25)26-17(3)23/h12-15,21H,4-11,16H2,1-3H3. The van der Waals surface area contributed by atoms with E-state index in [0.29, 0.717) is 12.8 Å². The molecule has 6 nitrogen and oxygen atoms in total. The molecule has 0 aliphatic rings. The average molecular weight is 392 g/mol. The fourth-order valence-corrected chi connectivity index (χ4v) is 2.69. The van der Waals surface area contributed by atoms with Gasteiger partial charge in [-0.3, -0.25) is 9.59 Å². The molecule has 0 spiro atoms. The molecule has 28 heavy (non-hydrogen) atoms. The number of hydrogen-bond acceptors (Lipinski definition) is 6. The van der Waals surface area contributed by atoms with Crippen LogP contribution in [-0.4, -0.2) is 24.2 Å². The van der Waals surface area contributed by atoms with E-state index in [9.17, 15) is 14.4 Å². The molecule has 156 valence electrons. The number of hydrogen-bond donors (Lipinski definition) is 0. The maximum absolute atomic E-state index is 12.1. The normalized spacial score (nSPS) is 11.5. The van der Waals surface area contributed by atoms with E-state index in [1.807, 2.05) is 6.92 Å². The molecule has 1 rings (SSSR count).